The highest BCUT2D eigenvalue weighted by atomic mass is 16.5. The van der Waals surface area contributed by atoms with Gasteiger partial charge in [-0.25, -0.2) is 0 Å². The van der Waals surface area contributed by atoms with Crippen molar-refractivity contribution in [1.29, 1.82) is 0 Å². The van der Waals surface area contributed by atoms with Gasteiger partial charge in [-0.15, -0.1) is 0 Å². The van der Waals surface area contributed by atoms with E-state index in [1.54, 1.807) is 4.90 Å². The van der Waals surface area contributed by atoms with E-state index < -0.39 is 0 Å². The molecule has 1 N–H and O–H groups in total. The maximum absolute atomic E-state index is 12.1. The third-order valence-corrected chi connectivity index (χ3v) is 3.88. The molecule has 0 bridgehead atoms. The number of carbonyl (C=O) groups is 2. The lowest BCUT2D eigenvalue weighted by atomic mass is 10.1. The van der Waals surface area contributed by atoms with E-state index in [9.17, 15) is 9.59 Å². The lowest BCUT2D eigenvalue weighted by molar-refractivity contribution is -0.145. The van der Waals surface area contributed by atoms with Gasteiger partial charge in [0, 0.05) is 13.2 Å². The fourth-order valence-electron chi connectivity index (χ4n) is 2.38. The van der Waals surface area contributed by atoms with Gasteiger partial charge < -0.3 is 15.0 Å². The second kappa shape index (κ2) is 4.88. The van der Waals surface area contributed by atoms with Crippen LogP contribution in [-0.4, -0.2) is 49.1 Å². The molecule has 0 aromatic heterocycles. The molecule has 5 nitrogen and oxygen atoms in total. The maximum Gasteiger partial charge on any atom is 0.245 e. The highest BCUT2D eigenvalue weighted by Gasteiger charge is 2.42. The topological polar surface area (TPSA) is 58.6 Å². The van der Waals surface area contributed by atoms with Gasteiger partial charge in [-0.2, -0.15) is 0 Å². The molecule has 1 aliphatic heterocycles. The van der Waals surface area contributed by atoms with E-state index >= 15 is 0 Å². The van der Waals surface area contributed by atoms with Gasteiger partial charge in [-0.05, 0) is 37.5 Å². The number of hydrogen-bond donors (Lipinski definition) is 1. The number of nitrogens with one attached hydrogen (secondary N) is 1. The van der Waals surface area contributed by atoms with E-state index in [1.165, 1.54) is 12.8 Å². The van der Waals surface area contributed by atoms with Crippen LogP contribution in [0.5, 0.6) is 0 Å². The van der Waals surface area contributed by atoms with Gasteiger partial charge in [0.05, 0.1) is 13.2 Å². The number of carbonyl (C=O) groups excluding carboxylic acids is 2. The minimum absolute atomic E-state index is 0.0336. The summed E-state index contributed by atoms with van der Waals surface area (Å²) < 4.78 is 5.53. The second-order valence-electron chi connectivity index (χ2n) is 5.66. The summed E-state index contributed by atoms with van der Waals surface area (Å²) in [5, 5.41) is 2.81. The normalized spacial score (nSPS) is 28.4. The van der Waals surface area contributed by atoms with E-state index in [4.69, 9.17) is 4.74 Å². The Morgan fingerprint density at radius 2 is 2.00 bits per heavy atom. The summed E-state index contributed by atoms with van der Waals surface area (Å²) in [5.74, 6) is 1.15. The fourth-order valence-corrected chi connectivity index (χ4v) is 2.38. The zero-order valence-electron chi connectivity index (χ0n) is 10.6. The van der Waals surface area contributed by atoms with Crippen LogP contribution in [0.3, 0.4) is 0 Å². The van der Waals surface area contributed by atoms with Crippen LogP contribution in [0.1, 0.15) is 25.7 Å². The molecule has 0 aromatic carbocycles. The van der Waals surface area contributed by atoms with Crippen LogP contribution in [-0.2, 0) is 14.3 Å². The van der Waals surface area contributed by atoms with Gasteiger partial charge in [-0.3, -0.25) is 9.59 Å². The molecular weight excluding hydrogens is 232 g/mol. The summed E-state index contributed by atoms with van der Waals surface area (Å²) >= 11 is 0. The van der Waals surface area contributed by atoms with Gasteiger partial charge in [-0.1, -0.05) is 0 Å². The molecule has 1 unspecified atom stereocenters. The molecule has 1 saturated heterocycles. The van der Waals surface area contributed by atoms with Gasteiger partial charge in [0.1, 0.15) is 6.04 Å². The summed E-state index contributed by atoms with van der Waals surface area (Å²) in [7, 11) is 0. The Kier molecular flexibility index (Phi) is 3.24. The largest absolute Gasteiger partial charge is 0.379 e. The van der Waals surface area contributed by atoms with Crippen LogP contribution in [0.15, 0.2) is 0 Å². The summed E-state index contributed by atoms with van der Waals surface area (Å²) in [6.45, 7) is 2.09. The Morgan fingerprint density at radius 3 is 2.67 bits per heavy atom. The van der Waals surface area contributed by atoms with Crippen LogP contribution in [0, 0.1) is 11.8 Å². The molecule has 5 heteroatoms. The molecule has 3 fully saturated rings. The summed E-state index contributed by atoms with van der Waals surface area (Å²) in [6.07, 6.45) is 4.66. The van der Waals surface area contributed by atoms with Crippen molar-refractivity contribution in [3.8, 4) is 0 Å². The van der Waals surface area contributed by atoms with E-state index in [1.807, 2.05) is 0 Å². The van der Waals surface area contributed by atoms with Gasteiger partial charge in [0.15, 0.2) is 0 Å². The number of hydrogen-bond acceptors (Lipinski definition) is 3. The molecule has 0 spiro atoms. The van der Waals surface area contributed by atoms with Crippen LogP contribution in [0.2, 0.25) is 0 Å². The van der Waals surface area contributed by atoms with E-state index in [0.717, 1.165) is 25.4 Å². The average molecular weight is 252 g/mol. The first-order valence-corrected chi connectivity index (χ1v) is 6.90. The first-order chi connectivity index (χ1) is 8.74. The number of nitrogens with zero attached hydrogens (tertiary/aromatic N) is 1. The molecule has 2 aliphatic carbocycles. The van der Waals surface area contributed by atoms with Crippen molar-refractivity contribution in [2.45, 2.75) is 31.7 Å². The number of rotatable bonds is 6. The summed E-state index contributed by atoms with van der Waals surface area (Å²) in [6, 6.07) is -0.269. The Morgan fingerprint density at radius 1 is 1.22 bits per heavy atom. The maximum atomic E-state index is 12.1. The minimum Gasteiger partial charge on any atom is -0.379 e. The Bertz CT molecular complexity index is 350. The van der Waals surface area contributed by atoms with Crippen molar-refractivity contribution in [3.05, 3.63) is 0 Å². The highest BCUT2D eigenvalue weighted by molar-refractivity contribution is 5.95. The summed E-state index contributed by atoms with van der Waals surface area (Å²) in [5.41, 5.74) is 0. The van der Waals surface area contributed by atoms with Gasteiger partial charge in [0.25, 0.3) is 0 Å². The zero-order chi connectivity index (χ0) is 12.5. The predicted molar refractivity (Wildman–Crippen MR) is 64.8 cm³/mol. The van der Waals surface area contributed by atoms with Crippen molar-refractivity contribution in [2.24, 2.45) is 11.8 Å². The predicted octanol–water partition coefficient (Wildman–Crippen LogP) is 0.150. The smallest absolute Gasteiger partial charge is 0.245 e. The monoisotopic (exact) mass is 252 g/mol. The molecule has 0 aromatic rings. The standard InChI is InChI=1S/C13H20N2O3/c16-11-7-15(5-6-18-8-9-1-2-9)13(17)12(14-11)10-3-4-10/h9-10,12H,1-8H2,(H,14,16). The molecule has 2 amide bonds. The van der Waals surface area contributed by atoms with Crippen molar-refractivity contribution in [1.82, 2.24) is 10.2 Å². The fraction of sp³-hybridized carbons (Fsp3) is 0.846. The molecule has 100 valence electrons. The minimum atomic E-state index is -0.269. The van der Waals surface area contributed by atoms with E-state index in [2.05, 4.69) is 5.32 Å². The van der Waals surface area contributed by atoms with Crippen molar-refractivity contribution >= 4 is 11.8 Å². The van der Waals surface area contributed by atoms with Crippen molar-refractivity contribution in [3.63, 3.8) is 0 Å². The van der Waals surface area contributed by atoms with Crippen LogP contribution in [0.25, 0.3) is 0 Å². The Balaban J connectivity index is 1.46. The first-order valence-electron chi connectivity index (χ1n) is 6.90. The van der Waals surface area contributed by atoms with E-state index in [0.29, 0.717) is 19.1 Å². The molecule has 3 aliphatic rings. The lowest BCUT2D eigenvalue weighted by Crippen LogP contribution is -2.59. The van der Waals surface area contributed by atoms with Crippen LogP contribution in [0.4, 0.5) is 0 Å². The molecular formula is C13H20N2O3. The molecule has 3 rings (SSSR count). The number of ether oxygens (including phenoxy) is 1. The Labute approximate surface area is 107 Å². The Hall–Kier alpha value is -1.10. The molecule has 2 saturated carbocycles. The third kappa shape index (κ3) is 2.83. The van der Waals surface area contributed by atoms with Crippen molar-refractivity contribution in [2.75, 3.05) is 26.3 Å². The quantitative estimate of drug-likeness (QED) is 0.685. The lowest BCUT2D eigenvalue weighted by Gasteiger charge is -2.32. The first kappa shape index (κ1) is 12.0. The van der Waals surface area contributed by atoms with Crippen molar-refractivity contribution < 1.29 is 14.3 Å². The highest BCUT2D eigenvalue weighted by Crippen LogP contribution is 2.34. The third-order valence-electron chi connectivity index (χ3n) is 3.88. The van der Waals surface area contributed by atoms with Gasteiger partial charge in [0.2, 0.25) is 11.8 Å². The van der Waals surface area contributed by atoms with Crippen LogP contribution < -0.4 is 5.32 Å². The van der Waals surface area contributed by atoms with E-state index in [-0.39, 0.29) is 24.4 Å². The average Bonchev–Trinajstić information content (AvgIpc) is 3.21. The van der Waals surface area contributed by atoms with Gasteiger partial charge >= 0.3 is 0 Å². The molecule has 1 heterocycles. The number of piperazine rings is 1. The molecule has 18 heavy (non-hydrogen) atoms. The zero-order valence-corrected chi connectivity index (χ0v) is 10.6. The second-order valence-corrected chi connectivity index (χ2v) is 5.66. The molecule has 0 radical (unpaired) electrons. The molecule has 1 atom stereocenters. The number of amides is 2. The van der Waals surface area contributed by atoms with Crippen LogP contribution >= 0.6 is 0 Å². The SMILES string of the molecule is O=C1CN(CCOCC2CC2)C(=O)C(C2CC2)N1. The summed E-state index contributed by atoms with van der Waals surface area (Å²) in [4.78, 5) is 25.4.